The number of benzene rings is 1. The molecule has 0 aliphatic carbocycles. The van der Waals surface area contributed by atoms with Crippen LogP contribution in [0, 0.1) is 0 Å². The van der Waals surface area contributed by atoms with E-state index >= 15 is 0 Å². The number of esters is 1. The number of carbonyl (C=O) groups is 2. The molecule has 0 aliphatic heterocycles. The standard InChI is InChI=1S/C15H20ClNO4/c1-3-17(11-15(19)20-4-2)14(18)8-9-21-13-7-5-6-12(16)10-13/h5-7,10H,3-4,8-9,11H2,1-2H3. The van der Waals surface area contributed by atoms with Crippen LogP contribution in [0.3, 0.4) is 0 Å². The molecule has 116 valence electrons. The fourth-order valence-electron chi connectivity index (χ4n) is 1.71. The quantitative estimate of drug-likeness (QED) is 0.692. The molecule has 0 fully saturated rings. The Balaban J connectivity index is 2.38. The summed E-state index contributed by atoms with van der Waals surface area (Å²) in [5.41, 5.74) is 0. The van der Waals surface area contributed by atoms with Crippen LogP contribution in [0.1, 0.15) is 20.3 Å². The van der Waals surface area contributed by atoms with E-state index in [2.05, 4.69) is 0 Å². The van der Waals surface area contributed by atoms with E-state index < -0.39 is 5.97 Å². The molecule has 0 spiro atoms. The Morgan fingerprint density at radius 3 is 2.67 bits per heavy atom. The van der Waals surface area contributed by atoms with Crippen molar-refractivity contribution in [1.29, 1.82) is 0 Å². The lowest BCUT2D eigenvalue weighted by Crippen LogP contribution is -2.36. The smallest absolute Gasteiger partial charge is 0.325 e. The van der Waals surface area contributed by atoms with E-state index in [0.717, 1.165) is 0 Å². The zero-order valence-electron chi connectivity index (χ0n) is 12.3. The maximum Gasteiger partial charge on any atom is 0.325 e. The van der Waals surface area contributed by atoms with Gasteiger partial charge in [-0.2, -0.15) is 0 Å². The topological polar surface area (TPSA) is 55.8 Å². The van der Waals surface area contributed by atoms with Gasteiger partial charge in [-0.05, 0) is 32.0 Å². The summed E-state index contributed by atoms with van der Waals surface area (Å²) < 4.78 is 10.3. The lowest BCUT2D eigenvalue weighted by atomic mass is 10.3. The van der Waals surface area contributed by atoms with E-state index in [1.807, 2.05) is 6.92 Å². The van der Waals surface area contributed by atoms with E-state index in [9.17, 15) is 9.59 Å². The third-order valence-electron chi connectivity index (χ3n) is 2.74. The van der Waals surface area contributed by atoms with Crippen LogP contribution >= 0.6 is 11.6 Å². The van der Waals surface area contributed by atoms with Gasteiger partial charge in [0.1, 0.15) is 12.3 Å². The van der Waals surface area contributed by atoms with Crippen LogP contribution in [0.5, 0.6) is 5.75 Å². The van der Waals surface area contributed by atoms with Crippen molar-refractivity contribution in [3.63, 3.8) is 0 Å². The van der Waals surface area contributed by atoms with Crippen molar-refractivity contribution in [2.75, 3.05) is 26.3 Å². The van der Waals surface area contributed by atoms with Gasteiger partial charge in [-0.3, -0.25) is 9.59 Å². The number of halogens is 1. The van der Waals surface area contributed by atoms with Gasteiger partial charge in [-0.1, -0.05) is 17.7 Å². The molecule has 0 heterocycles. The van der Waals surface area contributed by atoms with Crippen LogP contribution in [0.2, 0.25) is 5.02 Å². The monoisotopic (exact) mass is 313 g/mol. The molecule has 21 heavy (non-hydrogen) atoms. The van der Waals surface area contributed by atoms with Crippen molar-refractivity contribution in [1.82, 2.24) is 4.90 Å². The van der Waals surface area contributed by atoms with E-state index in [4.69, 9.17) is 21.1 Å². The van der Waals surface area contributed by atoms with E-state index in [1.54, 1.807) is 31.2 Å². The van der Waals surface area contributed by atoms with Gasteiger partial charge in [-0.25, -0.2) is 0 Å². The average molecular weight is 314 g/mol. The van der Waals surface area contributed by atoms with Crippen molar-refractivity contribution >= 4 is 23.5 Å². The summed E-state index contributed by atoms with van der Waals surface area (Å²) in [4.78, 5) is 24.8. The van der Waals surface area contributed by atoms with Crippen LogP contribution in [-0.4, -0.2) is 43.1 Å². The van der Waals surface area contributed by atoms with Crippen molar-refractivity contribution in [3.8, 4) is 5.75 Å². The molecule has 0 aromatic heterocycles. The van der Waals surface area contributed by atoms with E-state index in [1.165, 1.54) is 4.90 Å². The molecule has 0 unspecified atom stereocenters. The van der Waals surface area contributed by atoms with E-state index in [0.29, 0.717) is 23.9 Å². The van der Waals surface area contributed by atoms with Crippen molar-refractivity contribution in [2.45, 2.75) is 20.3 Å². The molecule has 0 saturated carbocycles. The second-order valence-corrected chi connectivity index (χ2v) is 4.71. The summed E-state index contributed by atoms with van der Waals surface area (Å²) in [5, 5.41) is 0.580. The molecule has 5 nitrogen and oxygen atoms in total. The minimum atomic E-state index is -0.400. The first-order valence-corrected chi connectivity index (χ1v) is 7.26. The van der Waals surface area contributed by atoms with Crippen LogP contribution < -0.4 is 4.74 Å². The Hall–Kier alpha value is -1.75. The van der Waals surface area contributed by atoms with E-state index in [-0.39, 0.29) is 25.5 Å². The highest BCUT2D eigenvalue weighted by atomic mass is 35.5. The molecule has 0 N–H and O–H groups in total. The number of hydrogen-bond donors (Lipinski definition) is 0. The second-order valence-electron chi connectivity index (χ2n) is 4.27. The summed E-state index contributed by atoms with van der Waals surface area (Å²) in [6.45, 7) is 4.51. The van der Waals surface area contributed by atoms with Gasteiger partial charge in [0.05, 0.1) is 19.6 Å². The molecular formula is C15H20ClNO4. The first-order chi connectivity index (χ1) is 10.1. The minimum absolute atomic E-state index is 0.0274. The normalized spacial score (nSPS) is 10.0. The number of ether oxygens (including phenoxy) is 2. The molecule has 0 aliphatic rings. The molecule has 1 aromatic carbocycles. The largest absolute Gasteiger partial charge is 0.493 e. The maximum atomic E-state index is 12.0. The van der Waals surface area contributed by atoms with Crippen molar-refractivity contribution in [3.05, 3.63) is 29.3 Å². The molecule has 6 heteroatoms. The van der Waals surface area contributed by atoms with Crippen molar-refractivity contribution in [2.24, 2.45) is 0 Å². The first kappa shape index (κ1) is 17.3. The Bertz CT molecular complexity index is 478. The third-order valence-corrected chi connectivity index (χ3v) is 2.98. The SMILES string of the molecule is CCOC(=O)CN(CC)C(=O)CCOc1cccc(Cl)c1. The number of carbonyl (C=O) groups excluding carboxylic acids is 2. The highest BCUT2D eigenvalue weighted by Crippen LogP contribution is 2.17. The molecule has 0 atom stereocenters. The molecule has 1 amide bonds. The Kier molecular flexibility index (Phi) is 7.61. The predicted molar refractivity (Wildman–Crippen MR) is 80.5 cm³/mol. The maximum absolute atomic E-state index is 12.0. The highest BCUT2D eigenvalue weighted by Gasteiger charge is 2.16. The van der Waals surface area contributed by atoms with Gasteiger partial charge in [0.2, 0.25) is 5.91 Å². The Labute approximate surface area is 129 Å². The molecule has 0 bridgehead atoms. The molecular weight excluding hydrogens is 294 g/mol. The summed E-state index contributed by atoms with van der Waals surface area (Å²) >= 11 is 5.84. The van der Waals surface area contributed by atoms with Gasteiger partial charge < -0.3 is 14.4 Å². The number of likely N-dealkylation sites (N-methyl/N-ethyl adjacent to an activating group) is 1. The number of rotatable bonds is 8. The minimum Gasteiger partial charge on any atom is -0.493 e. The lowest BCUT2D eigenvalue weighted by Gasteiger charge is -2.19. The van der Waals surface area contributed by atoms with Crippen LogP contribution in [0.25, 0.3) is 0 Å². The Morgan fingerprint density at radius 2 is 2.05 bits per heavy atom. The van der Waals surface area contributed by atoms with Gasteiger partial charge in [-0.15, -0.1) is 0 Å². The fraction of sp³-hybridized carbons (Fsp3) is 0.467. The zero-order chi connectivity index (χ0) is 15.7. The third kappa shape index (κ3) is 6.49. The van der Waals surface area contributed by atoms with Gasteiger partial charge in [0.25, 0.3) is 0 Å². The van der Waals surface area contributed by atoms with Crippen molar-refractivity contribution < 1.29 is 19.1 Å². The number of hydrogen-bond acceptors (Lipinski definition) is 4. The molecule has 0 saturated heterocycles. The average Bonchev–Trinajstić information content (AvgIpc) is 2.45. The predicted octanol–water partition coefficient (Wildman–Crippen LogP) is 2.52. The fourth-order valence-corrected chi connectivity index (χ4v) is 1.89. The first-order valence-electron chi connectivity index (χ1n) is 6.88. The van der Waals surface area contributed by atoms with Gasteiger partial charge >= 0.3 is 5.97 Å². The zero-order valence-corrected chi connectivity index (χ0v) is 13.1. The number of nitrogens with zero attached hydrogens (tertiary/aromatic N) is 1. The molecule has 1 rings (SSSR count). The summed E-state index contributed by atoms with van der Waals surface area (Å²) in [5.74, 6) is 0.0692. The van der Waals surface area contributed by atoms with Crippen LogP contribution in [0.4, 0.5) is 0 Å². The summed E-state index contributed by atoms with van der Waals surface area (Å²) in [6.07, 6.45) is 0.194. The lowest BCUT2D eigenvalue weighted by molar-refractivity contribution is -0.149. The summed E-state index contributed by atoms with van der Waals surface area (Å²) in [7, 11) is 0. The molecule has 1 aromatic rings. The van der Waals surface area contributed by atoms with Crippen LogP contribution in [0.15, 0.2) is 24.3 Å². The van der Waals surface area contributed by atoms with Gasteiger partial charge in [0.15, 0.2) is 0 Å². The molecule has 0 radical (unpaired) electrons. The Morgan fingerprint density at radius 1 is 1.29 bits per heavy atom. The van der Waals surface area contributed by atoms with Gasteiger partial charge in [0, 0.05) is 11.6 Å². The highest BCUT2D eigenvalue weighted by molar-refractivity contribution is 6.30. The van der Waals surface area contributed by atoms with Crippen LogP contribution in [-0.2, 0) is 14.3 Å². The summed E-state index contributed by atoms with van der Waals surface area (Å²) in [6, 6.07) is 6.98. The number of amides is 1. The second kappa shape index (κ2) is 9.23.